The SMILES string of the molecule is Cc1ccc(Cl)cc1-n1nc(-c2c(C)nc3scc(CC(=O)O)n3c2=O)cc1C. The lowest BCUT2D eigenvalue weighted by molar-refractivity contribution is -0.136. The van der Waals surface area contributed by atoms with Gasteiger partial charge in [-0.25, -0.2) is 9.67 Å². The van der Waals surface area contributed by atoms with Crippen molar-refractivity contribution in [1.29, 1.82) is 0 Å². The van der Waals surface area contributed by atoms with Gasteiger partial charge in [0, 0.05) is 21.8 Å². The van der Waals surface area contributed by atoms with Crippen LogP contribution in [0.5, 0.6) is 0 Å². The smallest absolute Gasteiger partial charge is 0.309 e. The number of nitrogens with zero attached hydrogens (tertiary/aromatic N) is 4. The molecule has 29 heavy (non-hydrogen) atoms. The number of rotatable bonds is 4. The molecule has 1 aromatic carbocycles. The summed E-state index contributed by atoms with van der Waals surface area (Å²) in [5.41, 5.74) is 4.13. The summed E-state index contributed by atoms with van der Waals surface area (Å²) in [4.78, 5) is 29.4. The Kier molecular flexibility index (Phi) is 4.76. The van der Waals surface area contributed by atoms with Gasteiger partial charge < -0.3 is 5.11 Å². The van der Waals surface area contributed by atoms with Crippen LogP contribution >= 0.6 is 22.9 Å². The molecular formula is C20H17ClN4O3S. The quantitative estimate of drug-likeness (QED) is 0.533. The summed E-state index contributed by atoms with van der Waals surface area (Å²) < 4.78 is 3.11. The first-order chi connectivity index (χ1) is 13.8. The Morgan fingerprint density at radius 3 is 2.72 bits per heavy atom. The zero-order valence-electron chi connectivity index (χ0n) is 15.9. The van der Waals surface area contributed by atoms with Crippen LogP contribution in [0.4, 0.5) is 0 Å². The maximum Gasteiger partial charge on any atom is 0.309 e. The normalized spacial score (nSPS) is 11.3. The number of thiazole rings is 1. The fourth-order valence-electron chi connectivity index (χ4n) is 3.33. The lowest BCUT2D eigenvalue weighted by atomic mass is 10.1. The number of hydrogen-bond acceptors (Lipinski definition) is 5. The van der Waals surface area contributed by atoms with Gasteiger partial charge in [0.1, 0.15) is 5.69 Å². The van der Waals surface area contributed by atoms with Gasteiger partial charge in [0.15, 0.2) is 4.96 Å². The van der Waals surface area contributed by atoms with Gasteiger partial charge in [-0.3, -0.25) is 14.0 Å². The topological polar surface area (TPSA) is 89.5 Å². The third kappa shape index (κ3) is 3.34. The standard InChI is InChI=1S/C20H17ClN4O3S/c1-10-4-5-13(21)7-16(10)25-11(2)6-15(23-25)18-12(3)22-20-24(19(18)28)14(9-29-20)8-17(26)27/h4-7,9H,8H2,1-3H3,(H,26,27). The van der Waals surface area contributed by atoms with Gasteiger partial charge in [0.25, 0.3) is 5.56 Å². The molecule has 0 saturated carbocycles. The van der Waals surface area contributed by atoms with Crippen molar-refractivity contribution >= 4 is 33.9 Å². The lowest BCUT2D eigenvalue weighted by Crippen LogP contribution is -2.21. The second-order valence-corrected chi connectivity index (χ2v) is 8.08. The highest BCUT2D eigenvalue weighted by Crippen LogP contribution is 2.25. The number of benzene rings is 1. The number of fused-ring (bicyclic) bond motifs is 1. The van der Waals surface area contributed by atoms with Crippen LogP contribution in [0.1, 0.15) is 22.6 Å². The predicted octanol–water partition coefficient (Wildman–Crippen LogP) is 3.81. The molecule has 0 amide bonds. The molecule has 4 rings (SSSR count). The summed E-state index contributed by atoms with van der Waals surface area (Å²) >= 11 is 7.40. The Morgan fingerprint density at radius 1 is 1.24 bits per heavy atom. The first kappa shape index (κ1) is 19.4. The first-order valence-corrected chi connectivity index (χ1v) is 10.1. The molecule has 0 radical (unpaired) electrons. The molecule has 0 unspecified atom stereocenters. The van der Waals surface area contributed by atoms with E-state index in [2.05, 4.69) is 10.1 Å². The van der Waals surface area contributed by atoms with E-state index in [4.69, 9.17) is 16.7 Å². The maximum absolute atomic E-state index is 13.3. The van der Waals surface area contributed by atoms with Gasteiger partial charge >= 0.3 is 5.97 Å². The zero-order chi connectivity index (χ0) is 20.9. The summed E-state index contributed by atoms with van der Waals surface area (Å²) in [6, 6.07) is 7.37. The lowest BCUT2D eigenvalue weighted by Gasteiger charge is -2.08. The number of carboxylic acids is 1. The Morgan fingerprint density at radius 2 is 2.00 bits per heavy atom. The number of carbonyl (C=O) groups is 1. The number of carboxylic acid groups (broad SMARTS) is 1. The minimum atomic E-state index is -1.00. The number of aromatic nitrogens is 4. The van der Waals surface area contributed by atoms with Gasteiger partial charge in [0.05, 0.1) is 23.4 Å². The molecule has 7 nitrogen and oxygen atoms in total. The van der Waals surface area contributed by atoms with E-state index in [1.165, 1.54) is 15.7 Å². The van der Waals surface area contributed by atoms with Crippen molar-refractivity contribution in [2.75, 3.05) is 0 Å². The van der Waals surface area contributed by atoms with E-state index in [1.54, 1.807) is 17.0 Å². The highest BCUT2D eigenvalue weighted by molar-refractivity contribution is 7.15. The van der Waals surface area contributed by atoms with Crippen LogP contribution in [0.2, 0.25) is 5.02 Å². The summed E-state index contributed by atoms with van der Waals surface area (Å²) in [5, 5.41) is 16.0. The highest BCUT2D eigenvalue weighted by Gasteiger charge is 2.20. The second-order valence-electron chi connectivity index (χ2n) is 6.81. The van der Waals surface area contributed by atoms with Crippen LogP contribution in [0.15, 0.2) is 34.4 Å². The molecule has 148 valence electrons. The Balaban J connectivity index is 1.93. The van der Waals surface area contributed by atoms with E-state index in [0.717, 1.165) is 16.9 Å². The van der Waals surface area contributed by atoms with Crippen LogP contribution in [-0.2, 0) is 11.2 Å². The molecule has 4 aromatic rings. The molecule has 3 heterocycles. The van der Waals surface area contributed by atoms with E-state index >= 15 is 0 Å². The van der Waals surface area contributed by atoms with Gasteiger partial charge in [-0.1, -0.05) is 17.7 Å². The summed E-state index contributed by atoms with van der Waals surface area (Å²) in [5.74, 6) is -1.00. The van der Waals surface area contributed by atoms with Gasteiger partial charge in [0.2, 0.25) is 0 Å². The average Bonchev–Trinajstić information content (AvgIpc) is 3.20. The Labute approximate surface area is 174 Å². The van der Waals surface area contributed by atoms with Crippen LogP contribution in [-0.4, -0.2) is 30.2 Å². The third-order valence-corrected chi connectivity index (χ3v) is 5.81. The third-order valence-electron chi connectivity index (χ3n) is 4.70. The molecule has 1 N–H and O–H groups in total. The van der Waals surface area contributed by atoms with E-state index in [0.29, 0.717) is 32.6 Å². The molecule has 0 spiro atoms. The number of aryl methyl sites for hydroxylation is 3. The van der Waals surface area contributed by atoms with Gasteiger partial charge in [-0.05, 0) is 44.5 Å². The molecule has 0 aliphatic carbocycles. The fourth-order valence-corrected chi connectivity index (χ4v) is 4.42. The van der Waals surface area contributed by atoms with Gasteiger partial charge in [-0.2, -0.15) is 5.10 Å². The van der Waals surface area contributed by atoms with Crippen molar-refractivity contribution in [3.63, 3.8) is 0 Å². The van der Waals surface area contributed by atoms with Crippen LogP contribution in [0.3, 0.4) is 0 Å². The van der Waals surface area contributed by atoms with Crippen molar-refractivity contribution in [3.8, 4) is 16.9 Å². The van der Waals surface area contributed by atoms with Crippen LogP contribution in [0.25, 0.3) is 21.9 Å². The molecule has 3 aromatic heterocycles. The molecule has 0 fully saturated rings. The maximum atomic E-state index is 13.3. The molecule has 0 atom stereocenters. The minimum absolute atomic E-state index is 0.251. The van der Waals surface area contributed by atoms with Crippen LogP contribution < -0.4 is 5.56 Å². The van der Waals surface area contributed by atoms with Crippen molar-refractivity contribution in [1.82, 2.24) is 19.2 Å². The number of hydrogen-bond donors (Lipinski definition) is 1. The van der Waals surface area contributed by atoms with Crippen molar-refractivity contribution < 1.29 is 9.90 Å². The van der Waals surface area contributed by atoms with E-state index in [9.17, 15) is 9.59 Å². The fraction of sp³-hybridized carbons (Fsp3) is 0.200. The van der Waals surface area contributed by atoms with Crippen LogP contribution in [0, 0.1) is 20.8 Å². The number of halogens is 1. The van der Waals surface area contributed by atoms with E-state index < -0.39 is 5.97 Å². The Hall–Kier alpha value is -2.97. The Bertz CT molecular complexity index is 1340. The first-order valence-electron chi connectivity index (χ1n) is 8.81. The molecule has 0 bridgehead atoms. The average molecular weight is 429 g/mol. The largest absolute Gasteiger partial charge is 0.481 e. The number of aliphatic carboxylic acids is 1. The molecule has 0 saturated heterocycles. The van der Waals surface area contributed by atoms with Crippen molar-refractivity contribution in [2.24, 2.45) is 0 Å². The predicted molar refractivity (Wildman–Crippen MR) is 112 cm³/mol. The monoisotopic (exact) mass is 428 g/mol. The second kappa shape index (κ2) is 7.13. The molecule has 9 heteroatoms. The van der Waals surface area contributed by atoms with Crippen molar-refractivity contribution in [3.05, 3.63) is 67.7 Å². The highest BCUT2D eigenvalue weighted by atomic mass is 35.5. The summed E-state index contributed by atoms with van der Waals surface area (Å²) in [6.07, 6.45) is -0.251. The van der Waals surface area contributed by atoms with E-state index in [-0.39, 0.29) is 12.0 Å². The zero-order valence-corrected chi connectivity index (χ0v) is 17.5. The molecular weight excluding hydrogens is 412 g/mol. The van der Waals surface area contributed by atoms with Gasteiger partial charge in [-0.15, -0.1) is 11.3 Å². The summed E-state index contributed by atoms with van der Waals surface area (Å²) in [6.45, 7) is 5.62. The molecule has 0 aliphatic heterocycles. The van der Waals surface area contributed by atoms with E-state index in [1.807, 2.05) is 38.1 Å². The minimum Gasteiger partial charge on any atom is -0.481 e. The molecule has 0 aliphatic rings. The summed E-state index contributed by atoms with van der Waals surface area (Å²) in [7, 11) is 0. The van der Waals surface area contributed by atoms with Crippen molar-refractivity contribution in [2.45, 2.75) is 27.2 Å².